The predicted octanol–water partition coefficient (Wildman–Crippen LogP) is 1.30. The number of methoxy groups -OCH3 is 1. The average molecular weight is 235 g/mol. The number of fused-ring (bicyclic) bond motifs is 1. The molecule has 1 aliphatic rings. The number of anilines is 2. The van der Waals surface area contributed by atoms with Crippen LogP contribution in [0.1, 0.15) is 6.42 Å². The summed E-state index contributed by atoms with van der Waals surface area (Å²) in [5.41, 5.74) is 8.14. The van der Waals surface area contributed by atoms with Gasteiger partial charge in [-0.3, -0.25) is 0 Å². The second-order valence-electron chi connectivity index (χ2n) is 4.58. The molecule has 0 saturated carbocycles. The highest BCUT2D eigenvalue weighted by atomic mass is 16.5. The van der Waals surface area contributed by atoms with Gasteiger partial charge in [-0.15, -0.1) is 0 Å². The van der Waals surface area contributed by atoms with Gasteiger partial charge in [0, 0.05) is 32.7 Å². The molecular formula is C13H21N3O. The van der Waals surface area contributed by atoms with Crippen molar-refractivity contribution < 1.29 is 4.74 Å². The predicted molar refractivity (Wildman–Crippen MR) is 72.1 cm³/mol. The van der Waals surface area contributed by atoms with Gasteiger partial charge in [0.2, 0.25) is 0 Å². The van der Waals surface area contributed by atoms with Crippen molar-refractivity contribution in [2.24, 2.45) is 5.73 Å². The first-order valence-electron chi connectivity index (χ1n) is 5.99. The Morgan fingerprint density at radius 1 is 1.35 bits per heavy atom. The fraction of sp³-hybridized carbons (Fsp3) is 0.538. The van der Waals surface area contributed by atoms with Gasteiger partial charge in [-0.2, -0.15) is 0 Å². The van der Waals surface area contributed by atoms with Gasteiger partial charge >= 0.3 is 0 Å². The van der Waals surface area contributed by atoms with Crippen LogP contribution < -0.4 is 20.3 Å². The molecule has 0 amide bonds. The lowest BCUT2D eigenvalue weighted by atomic mass is 10.1. The number of hydrogen-bond donors (Lipinski definition) is 1. The zero-order valence-corrected chi connectivity index (χ0v) is 10.8. The lowest BCUT2D eigenvalue weighted by Gasteiger charge is -2.41. The third kappa shape index (κ3) is 2.17. The Morgan fingerprint density at radius 2 is 2.12 bits per heavy atom. The second kappa shape index (κ2) is 4.84. The molecule has 1 aromatic carbocycles. The van der Waals surface area contributed by atoms with E-state index in [1.807, 2.05) is 6.07 Å². The van der Waals surface area contributed by atoms with E-state index in [1.54, 1.807) is 7.11 Å². The zero-order valence-electron chi connectivity index (χ0n) is 10.8. The van der Waals surface area contributed by atoms with Gasteiger partial charge in [0.25, 0.3) is 0 Å². The molecule has 2 N–H and O–H groups in total. The maximum atomic E-state index is 5.67. The number of rotatable bonds is 3. The SMILES string of the molecule is COc1ccc2c(c1)N(C)CC(CCN)N2C. The van der Waals surface area contributed by atoms with Crippen molar-refractivity contribution in [3.05, 3.63) is 18.2 Å². The highest BCUT2D eigenvalue weighted by molar-refractivity contribution is 5.75. The Hall–Kier alpha value is -1.42. The fourth-order valence-electron chi connectivity index (χ4n) is 2.45. The van der Waals surface area contributed by atoms with Gasteiger partial charge in [-0.05, 0) is 25.1 Å². The number of likely N-dealkylation sites (N-methyl/N-ethyl adjacent to an activating group) is 2. The highest BCUT2D eigenvalue weighted by Gasteiger charge is 2.26. The first-order valence-corrected chi connectivity index (χ1v) is 5.99. The lowest BCUT2D eigenvalue weighted by Crippen LogP contribution is -2.46. The Bertz CT molecular complexity index is 394. The van der Waals surface area contributed by atoms with E-state index in [9.17, 15) is 0 Å². The number of nitrogens with two attached hydrogens (primary N) is 1. The fourth-order valence-corrected chi connectivity index (χ4v) is 2.45. The normalized spacial score (nSPS) is 19.2. The standard InChI is InChI=1S/C13H21N3O/c1-15-9-10(6-7-14)16(2)12-5-4-11(17-3)8-13(12)15/h4-5,8,10H,6-7,9,14H2,1-3H3. The molecule has 0 radical (unpaired) electrons. The van der Waals surface area contributed by atoms with Crippen molar-refractivity contribution in [1.82, 2.24) is 0 Å². The van der Waals surface area contributed by atoms with E-state index in [2.05, 4.69) is 36.0 Å². The lowest BCUT2D eigenvalue weighted by molar-refractivity contribution is 0.414. The van der Waals surface area contributed by atoms with E-state index < -0.39 is 0 Å². The molecule has 17 heavy (non-hydrogen) atoms. The highest BCUT2D eigenvalue weighted by Crippen LogP contribution is 2.36. The van der Waals surface area contributed by atoms with Crippen LogP contribution in [0.3, 0.4) is 0 Å². The molecule has 0 fully saturated rings. The molecule has 1 atom stereocenters. The summed E-state index contributed by atoms with van der Waals surface area (Å²) in [5.74, 6) is 0.904. The number of hydrogen-bond acceptors (Lipinski definition) is 4. The summed E-state index contributed by atoms with van der Waals surface area (Å²) in [5, 5.41) is 0. The maximum absolute atomic E-state index is 5.67. The van der Waals surface area contributed by atoms with Crippen molar-refractivity contribution in [1.29, 1.82) is 0 Å². The van der Waals surface area contributed by atoms with Crippen LogP contribution in [-0.2, 0) is 0 Å². The molecule has 94 valence electrons. The average Bonchev–Trinajstić information content (AvgIpc) is 2.35. The van der Waals surface area contributed by atoms with Crippen molar-refractivity contribution in [2.45, 2.75) is 12.5 Å². The van der Waals surface area contributed by atoms with E-state index in [4.69, 9.17) is 10.5 Å². The van der Waals surface area contributed by atoms with Gasteiger partial charge < -0.3 is 20.3 Å². The van der Waals surface area contributed by atoms with Crippen LogP contribution in [0.5, 0.6) is 5.75 Å². The summed E-state index contributed by atoms with van der Waals surface area (Å²) in [6.45, 7) is 1.74. The smallest absolute Gasteiger partial charge is 0.121 e. The van der Waals surface area contributed by atoms with Crippen LogP contribution in [-0.4, -0.2) is 40.3 Å². The van der Waals surface area contributed by atoms with Crippen molar-refractivity contribution >= 4 is 11.4 Å². The third-order valence-electron chi connectivity index (χ3n) is 3.51. The molecule has 1 heterocycles. The van der Waals surface area contributed by atoms with E-state index in [0.717, 1.165) is 25.3 Å². The Labute approximate surface area is 103 Å². The minimum Gasteiger partial charge on any atom is -0.497 e. The molecule has 0 spiro atoms. The number of nitrogens with zero attached hydrogens (tertiary/aromatic N) is 2. The monoisotopic (exact) mass is 235 g/mol. The summed E-state index contributed by atoms with van der Waals surface area (Å²) in [6, 6.07) is 6.71. The minimum absolute atomic E-state index is 0.492. The van der Waals surface area contributed by atoms with Crippen LogP contribution in [0.4, 0.5) is 11.4 Å². The topological polar surface area (TPSA) is 41.7 Å². The molecule has 1 aromatic rings. The van der Waals surface area contributed by atoms with E-state index in [1.165, 1.54) is 11.4 Å². The van der Waals surface area contributed by atoms with Gasteiger partial charge in [-0.25, -0.2) is 0 Å². The van der Waals surface area contributed by atoms with Crippen molar-refractivity contribution in [2.75, 3.05) is 44.1 Å². The first kappa shape index (κ1) is 12.0. The minimum atomic E-state index is 0.492. The molecule has 0 aliphatic carbocycles. The maximum Gasteiger partial charge on any atom is 0.121 e. The summed E-state index contributed by atoms with van der Waals surface area (Å²) in [7, 11) is 5.96. The van der Waals surface area contributed by atoms with E-state index in [0.29, 0.717) is 6.04 Å². The van der Waals surface area contributed by atoms with E-state index in [-0.39, 0.29) is 0 Å². The Morgan fingerprint density at radius 3 is 2.76 bits per heavy atom. The van der Waals surface area contributed by atoms with Gasteiger partial charge in [0.05, 0.1) is 18.5 Å². The molecule has 2 rings (SSSR count). The van der Waals surface area contributed by atoms with Crippen LogP contribution in [0, 0.1) is 0 Å². The first-order chi connectivity index (χ1) is 8.17. The summed E-state index contributed by atoms with van der Waals surface area (Å²) in [6.07, 6.45) is 1.02. The Balaban J connectivity index is 2.33. The largest absolute Gasteiger partial charge is 0.497 e. The van der Waals surface area contributed by atoms with E-state index >= 15 is 0 Å². The van der Waals surface area contributed by atoms with Gasteiger partial charge in [0.1, 0.15) is 5.75 Å². The number of benzene rings is 1. The van der Waals surface area contributed by atoms with Crippen LogP contribution >= 0.6 is 0 Å². The summed E-state index contributed by atoms with van der Waals surface area (Å²) in [4.78, 5) is 4.60. The number of ether oxygens (including phenoxy) is 1. The molecule has 4 heteroatoms. The Kier molecular flexibility index (Phi) is 3.43. The van der Waals surface area contributed by atoms with Crippen molar-refractivity contribution in [3.63, 3.8) is 0 Å². The van der Waals surface area contributed by atoms with Crippen LogP contribution in [0.15, 0.2) is 18.2 Å². The molecule has 0 saturated heterocycles. The quantitative estimate of drug-likeness (QED) is 0.857. The second-order valence-corrected chi connectivity index (χ2v) is 4.58. The third-order valence-corrected chi connectivity index (χ3v) is 3.51. The van der Waals surface area contributed by atoms with Gasteiger partial charge in [-0.1, -0.05) is 0 Å². The van der Waals surface area contributed by atoms with Crippen LogP contribution in [0.2, 0.25) is 0 Å². The molecule has 1 unspecified atom stereocenters. The molecule has 1 aliphatic heterocycles. The van der Waals surface area contributed by atoms with Crippen molar-refractivity contribution in [3.8, 4) is 5.75 Å². The van der Waals surface area contributed by atoms with Crippen LogP contribution in [0.25, 0.3) is 0 Å². The zero-order chi connectivity index (χ0) is 12.4. The molecular weight excluding hydrogens is 214 g/mol. The molecule has 4 nitrogen and oxygen atoms in total. The summed E-state index contributed by atoms with van der Waals surface area (Å²) >= 11 is 0. The summed E-state index contributed by atoms with van der Waals surface area (Å²) < 4.78 is 5.27. The molecule has 0 bridgehead atoms. The molecule has 0 aromatic heterocycles. The van der Waals surface area contributed by atoms with Gasteiger partial charge in [0.15, 0.2) is 0 Å².